The van der Waals surface area contributed by atoms with E-state index in [1.165, 1.54) is 17.3 Å². The Labute approximate surface area is 194 Å². The number of H-pyrrole nitrogens is 1. The number of nitrogens with zero attached hydrogens (tertiary/aromatic N) is 5. The molecule has 4 heterocycles. The Balaban J connectivity index is 1.41. The molecule has 0 bridgehead atoms. The molecule has 0 saturated heterocycles. The number of fused-ring (bicyclic) bond motifs is 4. The number of phenolic OH excluding ortho intramolecular Hbond substituents is 1. The summed E-state index contributed by atoms with van der Waals surface area (Å²) in [5, 5.41) is 19.2. The fraction of sp³-hybridized carbons (Fsp3) is 0.280. The van der Waals surface area contributed by atoms with E-state index in [-0.39, 0.29) is 17.7 Å². The molecule has 0 spiro atoms. The highest BCUT2D eigenvalue weighted by molar-refractivity contribution is 5.86. The normalized spacial score (nSPS) is 15.8. The van der Waals surface area contributed by atoms with Crippen molar-refractivity contribution >= 4 is 22.5 Å². The van der Waals surface area contributed by atoms with Crippen molar-refractivity contribution in [2.75, 3.05) is 5.32 Å². The molecule has 0 radical (unpaired) electrons. The summed E-state index contributed by atoms with van der Waals surface area (Å²) in [7, 11) is 0. The van der Waals surface area contributed by atoms with E-state index in [9.17, 15) is 9.50 Å². The Kier molecular flexibility index (Phi) is 4.72. The predicted octanol–water partition coefficient (Wildman–Crippen LogP) is 4.61. The second kappa shape index (κ2) is 7.79. The Hall–Kier alpha value is -4.01. The van der Waals surface area contributed by atoms with Gasteiger partial charge in [0.2, 0.25) is 5.95 Å². The summed E-state index contributed by atoms with van der Waals surface area (Å²) in [6, 6.07) is 6.92. The SMILES string of the molecule is CC(C)c1cnn2c(N[C@H]3CCc4[nH]c5ccc(O)cc5c4C3)nc(-c3cncc(F)c3)nc12. The van der Waals surface area contributed by atoms with Crippen molar-refractivity contribution in [3.63, 3.8) is 0 Å². The molecule has 34 heavy (non-hydrogen) atoms. The van der Waals surface area contributed by atoms with Crippen LogP contribution in [0, 0.1) is 5.82 Å². The van der Waals surface area contributed by atoms with Crippen molar-refractivity contribution in [3.8, 4) is 17.1 Å². The second-order valence-electron chi connectivity index (χ2n) is 9.15. The number of hydrogen-bond acceptors (Lipinski definition) is 6. The number of phenols is 1. The summed E-state index contributed by atoms with van der Waals surface area (Å²) >= 11 is 0. The van der Waals surface area contributed by atoms with Gasteiger partial charge in [-0.2, -0.15) is 14.6 Å². The van der Waals surface area contributed by atoms with Gasteiger partial charge < -0.3 is 15.4 Å². The molecule has 0 unspecified atom stereocenters. The van der Waals surface area contributed by atoms with E-state index < -0.39 is 5.82 Å². The van der Waals surface area contributed by atoms with Gasteiger partial charge in [-0.25, -0.2) is 9.37 Å². The maximum absolute atomic E-state index is 13.9. The minimum atomic E-state index is -0.435. The van der Waals surface area contributed by atoms with Crippen molar-refractivity contribution in [2.24, 2.45) is 0 Å². The molecule has 9 heteroatoms. The van der Waals surface area contributed by atoms with Gasteiger partial charge in [-0.3, -0.25) is 4.98 Å². The van der Waals surface area contributed by atoms with Crippen LogP contribution < -0.4 is 5.32 Å². The van der Waals surface area contributed by atoms with Crippen molar-refractivity contribution in [1.29, 1.82) is 0 Å². The number of aromatic hydroxyl groups is 1. The van der Waals surface area contributed by atoms with E-state index >= 15 is 0 Å². The van der Waals surface area contributed by atoms with Crippen molar-refractivity contribution in [3.05, 3.63) is 65.5 Å². The number of anilines is 1. The van der Waals surface area contributed by atoms with Crippen LogP contribution in [0.1, 0.15) is 43.0 Å². The minimum Gasteiger partial charge on any atom is -0.508 e. The number of aromatic amines is 1. The first-order valence-corrected chi connectivity index (χ1v) is 11.4. The number of nitrogens with one attached hydrogen (secondary N) is 2. The van der Waals surface area contributed by atoms with Crippen LogP contribution in [0.25, 0.3) is 27.9 Å². The predicted molar refractivity (Wildman–Crippen MR) is 127 cm³/mol. The molecule has 1 aliphatic rings. The van der Waals surface area contributed by atoms with Crippen molar-refractivity contribution < 1.29 is 9.50 Å². The summed E-state index contributed by atoms with van der Waals surface area (Å²) in [6.07, 6.45) is 7.11. The van der Waals surface area contributed by atoms with Crippen molar-refractivity contribution in [2.45, 2.75) is 45.1 Å². The van der Waals surface area contributed by atoms with Gasteiger partial charge in [0.1, 0.15) is 11.6 Å². The lowest BCUT2D eigenvalue weighted by Crippen LogP contribution is -2.29. The largest absolute Gasteiger partial charge is 0.508 e. The molecule has 0 fully saturated rings. The molecule has 172 valence electrons. The molecule has 1 aromatic carbocycles. The fourth-order valence-electron chi connectivity index (χ4n) is 4.77. The summed E-state index contributed by atoms with van der Waals surface area (Å²) in [5.41, 5.74) is 5.65. The lowest BCUT2D eigenvalue weighted by molar-refractivity contribution is 0.476. The number of aromatic nitrogens is 6. The van der Waals surface area contributed by atoms with Crippen LogP contribution in [0.4, 0.5) is 10.3 Å². The minimum absolute atomic E-state index is 0.108. The number of aryl methyl sites for hydroxylation is 1. The number of halogens is 1. The van der Waals surface area contributed by atoms with E-state index in [1.807, 2.05) is 18.3 Å². The molecule has 1 aliphatic carbocycles. The van der Waals surface area contributed by atoms with Crippen LogP contribution in [0.5, 0.6) is 5.75 Å². The first kappa shape index (κ1) is 20.6. The molecule has 4 aromatic heterocycles. The first-order valence-electron chi connectivity index (χ1n) is 11.4. The maximum atomic E-state index is 13.9. The topological polar surface area (TPSA) is 104 Å². The van der Waals surface area contributed by atoms with Crippen LogP contribution in [0.15, 0.2) is 42.9 Å². The van der Waals surface area contributed by atoms with Gasteiger partial charge in [0.05, 0.1) is 12.4 Å². The third-order valence-electron chi connectivity index (χ3n) is 6.49. The number of pyridine rings is 1. The van der Waals surface area contributed by atoms with E-state index in [1.54, 1.807) is 16.8 Å². The zero-order valence-corrected chi connectivity index (χ0v) is 18.9. The molecule has 0 amide bonds. The summed E-state index contributed by atoms with van der Waals surface area (Å²) in [5.74, 6) is 1.00. The summed E-state index contributed by atoms with van der Waals surface area (Å²) < 4.78 is 15.6. The van der Waals surface area contributed by atoms with E-state index in [0.717, 1.165) is 41.9 Å². The van der Waals surface area contributed by atoms with E-state index in [0.29, 0.717) is 23.0 Å². The van der Waals surface area contributed by atoms with Gasteiger partial charge in [-0.05, 0) is 55.0 Å². The third kappa shape index (κ3) is 3.44. The zero-order chi connectivity index (χ0) is 23.4. The average molecular weight is 458 g/mol. The molecular formula is C25H24FN7O. The van der Waals surface area contributed by atoms with Gasteiger partial charge in [-0.15, -0.1) is 0 Å². The lowest BCUT2D eigenvalue weighted by atomic mass is 9.91. The summed E-state index contributed by atoms with van der Waals surface area (Å²) in [4.78, 5) is 16.9. The molecule has 8 nitrogen and oxygen atoms in total. The van der Waals surface area contributed by atoms with Crippen molar-refractivity contribution in [1.82, 2.24) is 29.5 Å². The highest BCUT2D eigenvalue weighted by atomic mass is 19.1. The molecule has 5 aromatic rings. The zero-order valence-electron chi connectivity index (χ0n) is 18.9. The van der Waals surface area contributed by atoms with Gasteiger partial charge in [0, 0.05) is 40.0 Å². The van der Waals surface area contributed by atoms with Crippen LogP contribution >= 0.6 is 0 Å². The Morgan fingerprint density at radius 3 is 2.88 bits per heavy atom. The van der Waals surface area contributed by atoms with Gasteiger partial charge in [0.15, 0.2) is 11.5 Å². The van der Waals surface area contributed by atoms with Crippen LogP contribution in [-0.2, 0) is 12.8 Å². The molecular weight excluding hydrogens is 433 g/mol. The van der Waals surface area contributed by atoms with Gasteiger partial charge in [-0.1, -0.05) is 13.8 Å². The first-order chi connectivity index (χ1) is 16.5. The monoisotopic (exact) mass is 457 g/mol. The quantitative estimate of drug-likeness (QED) is 0.364. The van der Waals surface area contributed by atoms with Gasteiger partial charge >= 0.3 is 0 Å². The highest BCUT2D eigenvalue weighted by Gasteiger charge is 2.25. The Morgan fingerprint density at radius 1 is 1.18 bits per heavy atom. The smallest absolute Gasteiger partial charge is 0.228 e. The average Bonchev–Trinajstić information content (AvgIpc) is 3.40. The molecule has 1 atom stereocenters. The number of hydrogen-bond donors (Lipinski definition) is 3. The second-order valence-corrected chi connectivity index (χ2v) is 9.15. The van der Waals surface area contributed by atoms with Gasteiger partial charge in [0.25, 0.3) is 0 Å². The van der Waals surface area contributed by atoms with E-state index in [4.69, 9.17) is 9.97 Å². The molecule has 6 rings (SSSR count). The highest BCUT2D eigenvalue weighted by Crippen LogP contribution is 2.33. The Morgan fingerprint density at radius 2 is 2.06 bits per heavy atom. The van der Waals surface area contributed by atoms with E-state index in [2.05, 4.69) is 34.2 Å². The lowest BCUT2D eigenvalue weighted by Gasteiger charge is -2.24. The fourth-order valence-corrected chi connectivity index (χ4v) is 4.77. The molecule has 3 N–H and O–H groups in total. The van der Waals surface area contributed by atoms with Crippen LogP contribution in [0.3, 0.4) is 0 Å². The molecule has 0 aliphatic heterocycles. The maximum Gasteiger partial charge on any atom is 0.228 e. The number of rotatable bonds is 4. The van der Waals surface area contributed by atoms with Crippen LogP contribution in [-0.4, -0.2) is 40.7 Å². The van der Waals surface area contributed by atoms with Crippen LogP contribution in [0.2, 0.25) is 0 Å². The Bertz CT molecular complexity index is 1540. The standard InChI is InChI=1S/C25H24FN7O/c1-13(2)20-12-28-33-24(20)31-23(14-7-15(26)11-27-10-14)32-25(33)29-16-3-5-21-18(8-16)19-9-17(34)4-6-22(19)30-21/h4,6-7,9-13,16,30,34H,3,5,8H2,1-2H3,(H,29,31,32)/t16-/m0/s1. The third-order valence-corrected chi connectivity index (χ3v) is 6.49. The number of benzene rings is 1. The molecule has 0 saturated carbocycles. The summed E-state index contributed by atoms with van der Waals surface area (Å²) in [6.45, 7) is 4.18.